The number of carbonyl (C=O) groups excluding carboxylic acids is 2. The van der Waals surface area contributed by atoms with Crippen molar-refractivity contribution in [1.82, 2.24) is 4.98 Å². The number of aromatic nitrogens is 1. The maximum atomic E-state index is 13.5. The van der Waals surface area contributed by atoms with Crippen LogP contribution < -0.4 is 10.2 Å². The van der Waals surface area contributed by atoms with Gasteiger partial charge in [-0.1, -0.05) is 32.0 Å². The lowest BCUT2D eigenvalue weighted by Crippen LogP contribution is -2.40. The monoisotopic (exact) mass is 387 g/mol. The highest BCUT2D eigenvalue weighted by Crippen LogP contribution is 2.49. The molecule has 5 heteroatoms. The summed E-state index contributed by atoms with van der Waals surface area (Å²) >= 11 is 0. The van der Waals surface area contributed by atoms with E-state index in [1.165, 1.54) is 0 Å². The summed E-state index contributed by atoms with van der Waals surface area (Å²) < 4.78 is 0. The number of allylic oxidation sites excluding steroid dienone is 1. The van der Waals surface area contributed by atoms with Gasteiger partial charge in [0.05, 0.1) is 17.4 Å². The summed E-state index contributed by atoms with van der Waals surface area (Å²) in [5, 5.41) is 3.54. The Bertz CT molecular complexity index is 1020. The molecule has 1 unspecified atom stereocenters. The summed E-state index contributed by atoms with van der Waals surface area (Å²) in [5.74, 6) is 0.248. The minimum atomic E-state index is -0.452. The van der Waals surface area contributed by atoms with E-state index >= 15 is 0 Å². The van der Waals surface area contributed by atoms with E-state index in [1.807, 2.05) is 41.3 Å². The van der Waals surface area contributed by atoms with Crippen molar-refractivity contribution in [2.75, 3.05) is 10.2 Å². The Labute approximate surface area is 170 Å². The van der Waals surface area contributed by atoms with Gasteiger partial charge in [-0.15, -0.1) is 0 Å². The van der Waals surface area contributed by atoms with E-state index < -0.39 is 6.04 Å². The lowest BCUT2D eigenvalue weighted by molar-refractivity contribution is -0.120. The molecule has 5 nitrogen and oxygen atoms in total. The van der Waals surface area contributed by atoms with Gasteiger partial charge in [0, 0.05) is 36.0 Å². The van der Waals surface area contributed by atoms with Crippen LogP contribution in [-0.2, 0) is 9.59 Å². The number of ketones is 1. The SMILES string of the molecule is CC1(C)CC(=O)C2=C(C1)Nc1ccccc1N(C(=O)C1CC1)C2c1cccnc1. The molecule has 148 valence electrons. The van der Waals surface area contributed by atoms with Gasteiger partial charge in [-0.05, 0) is 48.4 Å². The number of anilines is 2. The van der Waals surface area contributed by atoms with Crippen LogP contribution in [0.3, 0.4) is 0 Å². The van der Waals surface area contributed by atoms with Crippen molar-refractivity contribution >= 4 is 23.1 Å². The van der Waals surface area contributed by atoms with Gasteiger partial charge < -0.3 is 5.32 Å². The normalized spacial score (nSPS) is 23.0. The molecule has 0 saturated heterocycles. The van der Waals surface area contributed by atoms with Crippen LogP contribution in [0.1, 0.15) is 51.1 Å². The number of amides is 1. The van der Waals surface area contributed by atoms with Crippen LogP contribution in [0.5, 0.6) is 0 Å². The number of hydrogen-bond acceptors (Lipinski definition) is 4. The number of nitrogens with zero attached hydrogens (tertiary/aromatic N) is 2. The van der Waals surface area contributed by atoms with E-state index in [0.717, 1.165) is 41.9 Å². The van der Waals surface area contributed by atoms with E-state index in [9.17, 15) is 9.59 Å². The molecule has 1 aliphatic heterocycles. The minimum absolute atomic E-state index is 0.0412. The fourth-order valence-electron chi connectivity index (χ4n) is 4.61. The standard InChI is InChI=1S/C24H25N3O2/c1-24(2)12-18-21(20(28)13-24)22(16-6-5-11-25-14-16)27(23(29)15-9-10-15)19-8-4-3-7-17(19)26-18/h3-8,11,14-15,22,26H,9-10,12-13H2,1-2H3. The van der Waals surface area contributed by atoms with E-state index in [2.05, 4.69) is 24.1 Å². The van der Waals surface area contributed by atoms with Crippen LogP contribution in [-0.4, -0.2) is 16.7 Å². The van der Waals surface area contributed by atoms with Crippen LogP contribution in [0, 0.1) is 11.3 Å². The molecule has 0 spiro atoms. The summed E-state index contributed by atoms with van der Waals surface area (Å²) in [5.41, 5.74) is 4.11. The third kappa shape index (κ3) is 3.15. The van der Waals surface area contributed by atoms with Crippen LogP contribution in [0.15, 0.2) is 60.1 Å². The molecule has 1 atom stereocenters. The molecule has 1 aromatic heterocycles. The number of carbonyl (C=O) groups is 2. The van der Waals surface area contributed by atoms with Crippen molar-refractivity contribution in [3.05, 3.63) is 65.6 Å². The average molecular weight is 387 g/mol. The smallest absolute Gasteiger partial charge is 0.231 e. The van der Waals surface area contributed by atoms with E-state index in [1.54, 1.807) is 12.4 Å². The maximum absolute atomic E-state index is 13.5. The molecule has 1 N–H and O–H groups in total. The van der Waals surface area contributed by atoms with Crippen molar-refractivity contribution < 1.29 is 9.59 Å². The van der Waals surface area contributed by atoms with Gasteiger partial charge in [-0.25, -0.2) is 0 Å². The Hall–Kier alpha value is -2.95. The van der Waals surface area contributed by atoms with Crippen LogP contribution in [0.25, 0.3) is 0 Å². The van der Waals surface area contributed by atoms with E-state index in [0.29, 0.717) is 12.0 Å². The van der Waals surface area contributed by atoms with Crippen LogP contribution in [0.4, 0.5) is 11.4 Å². The van der Waals surface area contributed by atoms with Crippen LogP contribution in [0.2, 0.25) is 0 Å². The van der Waals surface area contributed by atoms with Gasteiger partial charge in [-0.2, -0.15) is 0 Å². The molecule has 5 rings (SSSR count). The first-order valence-electron chi connectivity index (χ1n) is 10.3. The molecule has 1 aromatic carbocycles. The highest BCUT2D eigenvalue weighted by Gasteiger charge is 2.45. The number of Topliss-reactive ketones (excluding diaryl/α,β-unsaturated/α-hetero) is 1. The predicted molar refractivity (Wildman–Crippen MR) is 112 cm³/mol. The third-order valence-electron chi connectivity index (χ3n) is 6.06. The van der Waals surface area contributed by atoms with E-state index in [-0.39, 0.29) is 23.0 Å². The van der Waals surface area contributed by atoms with Gasteiger partial charge >= 0.3 is 0 Å². The average Bonchev–Trinajstić information content (AvgIpc) is 3.53. The number of rotatable bonds is 2. The number of benzene rings is 1. The lowest BCUT2D eigenvalue weighted by atomic mass is 9.73. The van der Waals surface area contributed by atoms with Crippen molar-refractivity contribution in [1.29, 1.82) is 0 Å². The zero-order chi connectivity index (χ0) is 20.2. The molecule has 2 aliphatic carbocycles. The van der Waals surface area contributed by atoms with E-state index in [4.69, 9.17) is 0 Å². The Morgan fingerprint density at radius 1 is 1.14 bits per heavy atom. The molecule has 1 amide bonds. The third-order valence-corrected chi connectivity index (χ3v) is 6.06. The maximum Gasteiger partial charge on any atom is 0.231 e. The van der Waals surface area contributed by atoms with Crippen LogP contribution >= 0.6 is 0 Å². The highest BCUT2D eigenvalue weighted by atomic mass is 16.2. The first-order valence-corrected chi connectivity index (χ1v) is 10.3. The van der Waals surface area contributed by atoms with Gasteiger partial charge in [0.25, 0.3) is 0 Å². The summed E-state index contributed by atoms with van der Waals surface area (Å²) in [6, 6.07) is 11.3. The predicted octanol–water partition coefficient (Wildman–Crippen LogP) is 4.63. The summed E-state index contributed by atoms with van der Waals surface area (Å²) in [4.78, 5) is 33.1. The molecule has 0 bridgehead atoms. The van der Waals surface area contributed by atoms with Crippen molar-refractivity contribution in [2.45, 2.75) is 45.6 Å². The topological polar surface area (TPSA) is 62.3 Å². The zero-order valence-corrected chi connectivity index (χ0v) is 16.8. The largest absolute Gasteiger partial charge is 0.357 e. The van der Waals surface area contributed by atoms with Gasteiger partial charge in [-0.3, -0.25) is 19.5 Å². The number of nitrogens with one attached hydrogen (secondary N) is 1. The zero-order valence-electron chi connectivity index (χ0n) is 16.8. The lowest BCUT2D eigenvalue weighted by Gasteiger charge is -2.37. The summed E-state index contributed by atoms with van der Waals surface area (Å²) in [7, 11) is 0. The first-order chi connectivity index (χ1) is 13.9. The molecule has 0 radical (unpaired) electrons. The summed E-state index contributed by atoms with van der Waals surface area (Å²) in [6.45, 7) is 4.25. The fourth-order valence-corrected chi connectivity index (χ4v) is 4.61. The molecule has 29 heavy (non-hydrogen) atoms. The summed E-state index contributed by atoms with van der Waals surface area (Å²) in [6.07, 6.45) is 6.58. The first kappa shape index (κ1) is 18.1. The molecule has 3 aliphatic rings. The quantitative estimate of drug-likeness (QED) is 0.816. The molecular formula is C24H25N3O2. The number of hydrogen-bond donors (Lipinski definition) is 1. The fraction of sp³-hybridized carbons (Fsp3) is 0.375. The molecule has 2 heterocycles. The van der Waals surface area contributed by atoms with Crippen molar-refractivity contribution in [2.24, 2.45) is 11.3 Å². The molecular weight excluding hydrogens is 362 g/mol. The molecule has 2 aromatic rings. The molecule has 1 saturated carbocycles. The second-order valence-electron chi connectivity index (χ2n) is 9.15. The number of para-hydroxylation sites is 2. The van der Waals surface area contributed by atoms with Gasteiger partial charge in [0.2, 0.25) is 5.91 Å². The second-order valence-corrected chi connectivity index (χ2v) is 9.15. The Kier molecular flexibility index (Phi) is 4.09. The Morgan fingerprint density at radius 3 is 2.66 bits per heavy atom. The second kappa shape index (κ2) is 6.55. The number of pyridine rings is 1. The van der Waals surface area contributed by atoms with Crippen molar-refractivity contribution in [3.63, 3.8) is 0 Å². The Morgan fingerprint density at radius 2 is 1.93 bits per heavy atom. The minimum Gasteiger partial charge on any atom is -0.357 e. The number of fused-ring (bicyclic) bond motifs is 1. The van der Waals surface area contributed by atoms with Gasteiger partial charge in [0.1, 0.15) is 0 Å². The highest BCUT2D eigenvalue weighted by molar-refractivity contribution is 6.07. The molecule has 1 fully saturated rings. The van der Waals surface area contributed by atoms with Gasteiger partial charge in [0.15, 0.2) is 5.78 Å². The van der Waals surface area contributed by atoms with Crippen molar-refractivity contribution in [3.8, 4) is 0 Å². The Balaban J connectivity index is 1.77.